The number of amides is 2. The number of ether oxygens (including phenoxy) is 3. The predicted molar refractivity (Wildman–Crippen MR) is 110 cm³/mol. The third-order valence-electron chi connectivity index (χ3n) is 4.68. The number of benzene rings is 2. The number of nitrogens with zero attached hydrogens (tertiary/aromatic N) is 1. The first-order valence-corrected chi connectivity index (χ1v) is 9.15. The average molecular weight is 396 g/mol. The Bertz CT molecular complexity index is 950. The van der Waals surface area contributed by atoms with Crippen LogP contribution < -0.4 is 14.8 Å². The largest absolute Gasteiger partial charge is 0.497 e. The van der Waals surface area contributed by atoms with Crippen LogP contribution in [-0.4, -0.2) is 51.2 Å². The first-order valence-electron chi connectivity index (χ1n) is 9.15. The molecule has 0 atom stereocenters. The molecule has 3 rings (SSSR count). The van der Waals surface area contributed by atoms with Gasteiger partial charge in [-0.15, -0.1) is 0 Å². The smallest absolute Gasteiger partial charge is 0.278 e. The van der Waals surface area contributed by atoms with Gasteiger partial charge in [-0.1, -0.05) is 18.2 Å². The van der Waals surface area contributed by atoms with Crippen molar-refractivity contribution in [2.24, 2.45) is 0 Å². The second kappa shape index (κ2) is 8.79. The van der Waals surface area contributed by atoms with Gasteiger partial charge in [0, 0.05) is 7.11 Å². The van der Waals surface area contributed by atoms with Crippen molar-refractivity contribution >= 4 is 23.1 Å². The highest BCUT2D eigenvalue weighted by atomic mass is 16.5. The van der Waals surface area contributed by atoms with E-state index in [1.807, 2.05) is 25.1 Å². The normalized spacial score (nSPS) is 13.9. The molecule has 1 aliphatic heterocycles. The summed E-state index contributed by atoms with van der Waals surface area (Å²) in [6.07, 6.45) is 0. The summed E-state index contributed by atoms with van der Waals surface area (Å²) in [6.45, 7) is 2.37. The number of imide groups is 1. The zero-order valence-corrected chi connectivity index (χ0v) is 16.9. The molecule has 0 saturated heterocycles. The Balaban J connectivity index is 2.07. The van der Waals surface area contributed by atoms with Gasteiger partial charge >= 0.3 is 0 Å². The summed E-state index contributed by atoms with van der Waals surface area (Å²) in [4.78, 5) is 27.4. The van der Waals surface area contributed by atoms with E-state index < -0.39 is 5.91 Å². The first-order chi connectivity index (χ1) is 14.0. The van der Waals surface area contributed by atoms with E-state index in [9.17, 15) is 9.59 Å². The number of anilines is 1. The summed E-state index contributed by atoms with van der Waals surface area (Å²) >= 11 is 0. The molecule has 29 heavy (non-hydrogen) atoms. The van der Waals surface area contributed by atoms with Crippen molar-refractivity contribution in [3.8, 4) is 11.5 Å². The summed E-state index contributed by atoms with van der Waals surface area (Å²) in [6, 6.07) is 12.6. The van der Waals surface area contributed by atoms with Gasteiger partial charge in [0.15, 0.2) is 0 Å². The maximum atomic E-state index is 13.1. The van der Waals surface area contributed by atoms with Gasteiger partial charge < -0.3 is 19.5 Å². The molecule has 0 spiro atoms. The zero-order chi connectivity index (χ0) is 21.0. The molecule has 0 aliphatic carbocycles. The molecule has 152 valence electrons. The SMILES string of the molecule is COCCN1C(=O)C(Nc2cc(C)ccc2OC)=C(c2ccc(OC)cc2)C1=O. The second-order valence-electron chi connectivity index (χ2n) is 6.56. The summed E-state index contributed by atoms with van der Waals surface area (Å²) in [7, 11) is 4.66. The van der Waals surface area contributed by atoms with Gasteiger partial charge in [0.25, 0.3) is 11.8 Å². The van der Waals surface area contributed by atoms with Crippen molar-refractivity contribution in [1.82, 2.24) is 4.90 Å². The van der Waals surface area contributed by atoms with Gasteiger partial charge in [-0.3, -0.25) is 14.5 Å². The van der Waals surface area contributed by atoms with Gasteiger partial charge in [-0.2, -0.15) is 0 Å². The molecule has 2 aromatic carbocycles. The Morgan fingerprint density at radius 3 is 2.28 bits per heavy atom. The number of carbonyl (C=O) groups excluding carboxylic acids is 2. The van der Waals surface area contributed by atoms with E-state index in [1.165, 1.54) is 12.0 Å². The molecule has 2 aromatic rings. The topological polar surface area (TPSA) is 77.1 Å². The Kier molecular flexibility index (Phi) is 6.19. The molecular formula is C22H24N2O5. The number of carbonyl (C=O) groups is 2. The molecule has 0 unspecified atom stereocenters. The maximum Gasteiger partial charge on any atom is 0.278 e. The third kappa shape index (κ3) is 4.09. The monoisotopic (exact) mass is 396 g/mol. The lowest BCUT2D eigenvalue weighted by Gasteiger charge is -2.15. The van der Waals surface area contributed by atoms with Crippen LogP contribution in [0.15, 0.2) is 48.2 Å². The van der Waals surface area contributed by atoms with Crippen LogP contribution in [0.1, 0.15) is 11.1 Å². The molecule has 7 nitrogen and oxygen atoms in total. The van der Waals surface area contributed by atoms with Crippen molar-refractivity contribution in [1.29, 1.82) is 0 Å². The third-order valence-corrected chi connectivity index (χ3v) is 4.68. The van der Waals surface area contributed by atoms with Crippen LogP contribution in [0.3, 0.4) is 0 Å². The number of hydrogen-bond donors (Lipinski definition) is 1. The van der Waals surface area contributed by atoms with Crippen LogP contribution in [0.2, 0.25) is 0 Å². The van der Waals surface area contributed by atoms with Crippen LogP contribution in [0.4, 0.5) is 5.69 Å². The van der Waals surface area contributed by atoms with Gasteiger partial charge in [0.05, 0.1) is 38.6 Å². The van der Waals surface area contributed by atoms with Gasteiger partial charge in [-0.05, 0) is 42.3 Å². The van der Waals surface area contributed by atoms with Gasteiger partial charge in [0.2, 0.25) is 0 Å². The second-order valence-corrected chi connectivity index (χ2v) is 6.56. The molecule has 0 radical (unpaired) electrons. The Morgan fingerprint density at radius 2 is 1.66 bits per heavy atom. The minimum Gasteiger partial charge on any atom is -0.497 e. The first kappa shape index (κ1) is 20.4. The number of nitrogens with one attached hydrogen (secondary N) is 1. The molecule has 2 amide bonds. The standard InChI is InChI=1S/C22H24N2O5/c1-14-5-10-18(29-4)17(13-14)23-20-19(15-6-8-16(28-3)9-7-15)21(25)24(22(20)26)11-12-27-2/h5-10,13,23H,11-12H2,1-4H3. The lowest BCUT2D eigenvalue weighted by atomic mass is 10.0. The van der Waals surface area contributed by atoms with Crippen molar-refractivity contribution < 1.29 is 23.8 Å². The highest BCUT2D eigenvalue weighted by molar-refractivity contribution is 6.36. The number of methoxy groups -OCH3 is 3. The highest BCUT2D eigenvalue weighted by Gasteiger charge is 2.39. The van der Waals surface area contributed by atoms with Crippen LogP contribution >= 0.6 is 0 Å². The minimum atomic E-state index is -0.401. The van der Waals surface area contributed by atoms with E-state index in [4.69, 9.17) is 14.2 Å². The number of rotatable bonds is 8. The molecule has 1 aliphatic rings. The summed E-state index contributed by atoms with van der Waals surface area (Å²) in [5.74, 6) is 0.470. The average Bonchev–Trinajstić information content (AvgIpc) is 2.96. The highest BCUT2D eigenvalue weighted by Crippen LogP contribution is 2.34. The Labute approximate surface area is 169 Å². The van der Waals surface area contributed by atoms with Crippen molar-refractivity contribution in [3.63, 3.8) is 0 Å². The lowest BCUT2D eigenvalue weighted by molar-refractivity contribution is -0.137. The summed E-state index contributed by atoms with van der Waals surface area (Å²) < 4.78 is 15.7. The van der Waals surface area contributed by atoms with Crippen LogP contribution in [0.25, 0.3) is 5.57 Å². The van der Waals surface area contributed by atoms with Crippen LogP contribution in [0, 0.1) is 6.92 Å². The van der Waals surface area contributed by atoms with E-state index in [0.29, 0.717) is 28.3 Å². The van der Waals surface area contributed by atoms with Crippen LogP contribution in [0.5, 0.6) is 11.5 Å². The minimum absolute atomic E-state index is 0.171. The maximum absolute atomic E-state index is 13.1. The van der Waals surface area contributed by atoms with Crippen molar-refractivity contribution in [2.45, 2.75) is 6.92 Å². The Hall–Kier alpha value is -3.32. The van der Waals surface area contributed by atoms with E-state index in [0.717, 1.165) is 5.56 Å². The summed E-state index contributed by atoms with van der Waals surface area (Å²) in [5, 5.41) is 3.14. The molecule has 7 heteroatoms. The fraction of sp³-hybridized carbons (Fsp3) is 0.273. The van der Waals surface area contributed by atoms with E-state index in [-0.39, 0.29) is 24.8 Å². The van der Waals surface area contributed by atoms with Crippen molar-refractivity contribution in [2.75, 3.05) is 39.8 Å². The number of hydrogen-bond acceptors (Lipinski definition) is 6. The van der Waals surface area contributed by atoms with Gasteiger partial charge in [-0.25, -0.2) is 0 Å². The lowest BCUT2D eigenvalue weighted by Crippen LogP contribution is -2.35. The molecular weight excluding hydrogens is 372 g/mol. The number of aryl methyl sites for hydroxylation is 1. The van der Waals surface area contributed by atoms with E-state index >= 15 is 0 Å². The molecule has 1 heterocycles. The van der Waals surface area contributed by atoms with Gasteiger partial charge in [0.1, 0.15) is 17.2 Å². The quantitative estimate of drug-likeness (QED) is 0.692. The van der Waals surface area contributed by atoms with E-state index in [1.54, 1.807) is 38.5 Å². The zero-order valence-electron chi connectivity index (χ0n) is 16.9. The van der Waals surface area contributed by atoms with Crippen LogP contribution in [-0.2, 0) is 14.3 Å². The molecule has 1 N–H and O–H groups in total. The summed E-state index contributed by atoms with van der Waals surface area (Å²) in [5.41, 5.74) is 2.74. The molecule has 0 bridgehead atoms. The predicted octanol–water partition coefficient (Wildman–Crippen LogP) is 2.85. The van der Waals surface area contributed by atoms with E-state index in [2.05, 4.69) is 5.32 Å². The Morgan fingerprint density at radius 1 is 0.931 bits per heavy atom. The molecule has 0 fully saturated rings. The fourth-order valence-corrected chi connectivity index (χ4v) is 3.16. The molecule has 0 aromatic heterocycles. The fourth-order valence-electron chi connectivity index (χ4n) is 3.16. The molecule has 0 saturated carbocycles. The van der Waals surface area contributed by atoms with Crippen molar-refractivity contribution in [3.05, 3.63) is 59.3 Å².